The number of hydrogen-bond acceptors (Lipinski definition) is 4. The Bertz CT molecular complexity index is 456. The third-order valence-electron chi connectivity index (χ3n) is 2.58. The van der Waals surface area contributed by atoms with E-state index in [-0.39, 0.29) is 12.2 Å². The van der Waals surface area contributed by atoms with E-state index < -0.39 is 11.9 Å². The van der Waals surface area contributed by atoms with Gasteiger partial charge in [0, 0.05) is 11.5 Å². The minimum absolute atomic E-state index is 0.0545. The van der Waals surface area contributed by atoms with Crippen LogP contribution in [-0.4, -0.2) is 26.0 Å². The molecule has 1 unspecified atom stereocenters. The van der Waals surface area contributed by atoms with Crippen LogP contribution in [-0.2, 0) is 9.53 Å². The first-order chi connectivity index (χ1) is 8.49. The number of ketones is 1. The Morgan fingerprint density at radius 2 is 2.00 bits per heavy atom. The molecule has 1 atom stereocenters. The van der Waals surface area contributed by atoms with Gasteiger partial charge in [-0.05, 0) is 18.2 Å². The molecule has 0 amide bonds. The molecule has 1 aromatic rings. The van der Waals surface area contributed by atoms with Crippen molar-refractivity contribution in [3.05, 3.63) is 28.8 Å². The van der Waals surface area contributed by atoms with Gasteiger partial charge >= 0.3 is 5.97 Å². The van der Waals surface area contributed by atoms with Gasteiger partial charge in [0.2, 0.25) is 0 Å². The maximum Gasteiger partial charge on any atom is 0.306 e. The number of Topliss-reactive ketones (excluding diaryl/α,β-unsaturated/α-hetero) is 1. The van der Waals surface area contributed by atoms with Crippen molar-refractivity contribution in [3.63, 3.8) is 0 Å². The summed E-state index contributed by atoms with van der Waals surface area (Å²) >= 11 is 5.94. The van der Waals surface area contributed by atoms with Crippen LogP contribution < -0.4 is 4.74 Å². The zero-order valence-electron chi connectivity index (χ0n) is 10.5. The van der Waals surface area contributed by atoms with Crippen LogP contribution in [0.4, 0.5) is 0 Å². The van der Waals surface area contributed by atoms with Crippen LogP contribution in [0.1, 0.15) is 23.7 Å². The summed E-state index contributed by atoms with van der Waals surface area (Å²) in [7, 11) is 2.80. The maximum atomic E-state index is 12.0. The van der Waals surface area contributed by atoms with E-state index >= 15 is 0 Å². The van der Waals surface area contributed by atoms with E-state index in [1.807, 2.05) is 0 Å². The van der Waals surface area contributed by atoms with E-state index in [1.165, 1.54) is 20.3 Å². The number of rotatable bonds is 5. The number of esters is 1. The third kappa shape index (κ3) is 3.47. The number of hydrogen-bond donors (Lipinski definition) is 0. The molecular weight excluding hydrogens is 256 g/mol. The van der Waals surface area contributed by atoms with Crippen molar-refractivity contribution in [1.29, 1.82) is 0 Å². The molecule has 5 heteroatoms. The van der Waals surface area contributed by atoms with Crippen molar-refractivity contribution in [1.82, 2.24) is 0 Å². The van der Waals surface area contributed by atoms with Gasteiger partial charge < -0.3 is 9.47 Å². The number of methoxy groups -OCH3 is 2. The van der Waals surface area contributed by atoms with Crippen LogP contribution >= 0.6 is 11.6 Å². The molecular formula is C13H15ClO4. The number of halogens is 1. The Kier molecular flexibility index (Phi) is 5.16. The Labute approximate surface area is 111 Å². The highest BCUT2D eigenvalue weighted by atomic mass is 35.5. The average molecular weight is 271 g/mol. The molecule has 0 N–H and O–H groups in total. The Morgan fingerprint density at radius 3 is 2.50 bits per heavy atom. The van der Waals surface area contributed by atoms with E-state index in [0.29, 0.717) is 16.3 Å². The lowest BCUT2D eigenvalue weighted by molar-refractivity contribution is -0.141. The van der Waals surface area contributed by atoms with E-state index in [0.717, 1.165) is 0 Å². The van der Waals surface area contributed by atoms with Crippen molar-refractivity contribution >= 4 is 23.4 Å². The van der Waals surface area contributed by atoms with Crippen molar-refractivity contribution in [3.8, 4) is 5.75 Å². The molecule has 4 nitrogen and oxygen atoms in total. The van der Waals surface area contributed by atoms with Gasteiger partial charge in [-0.1, -0.05) is 18.5 Å². The zero-order chi connectivity index (χ0) is 13.7. The minimum atomic E-state index is -0.443. The van der Waals surface area contributed by atoms with E-state index in [2.05, 4.69) is 4.74 Å². The minimum Gasteiger partial charge on any atom is -0.495 e. The summed E-state index contributed by atoms with van der Waals surface area (Å²) in [6.45, 7) is 1.68. The van der Waals surface area contributed by atoms with Gasteiger partial charge in [0.1, 0.15) is 5.75 Å². The van der Waals surface area contributed by atoms with Gasteiger partial charge in [-0.25, -0.2) is 0 Å². The quantitative estimate of drug-likeness (QED) is 0.610. The second-order valence-electron chi connectivity index (χ2n) is 3.89. The highest BCUT2D eigenvalue weighted by molar-refractivity contribution is 6.32. The van der Waals surface area contributed by atoms with Crippen LogP contribution in [0.15, 0.2) is 18.2 Å². The molecule has 0 fully saturated rings. The summed E-state index contributed by atoms with van der Waals surface area (Å²) in [5.41, 5.74) is 0.456. The molecule has 0 aliphatic carbocycles. The largest absolute Gasteiger partial charge is 0.495 e. The standard InChI is InChI=1S/C13H15ClO4/c1-8(6-12(15)18-3)13(16)9-4-5-11(17-2)10(14)7-9/h4-5,7-8H,6H2,1-3H3. The summed E-state index contributed by atoms with van der Waals surface area (Å²) in [6, 6.07) is 4.79. The molecule has 0 aromatic heterocycles. The molecule has 0 aliphatic rings. The molecule has 98 valence electrons. The molecule has 0 radical (unpaired) electrons. The monoisotopic (exact) mass is 270 g/mol. The molecule has 0 saturated carbocycles. The van der Waals surface area contributed by atoms with Crippen LogP contribution in [0.25, 0.3) is 0 Å². The summed E-state index contributed by atoms with van der Waals surface area (Å²) in [5, 5.41) is 0.369. The Hall–Kier alpha value is -1.55. The predicted octanol–water partition coefficient (Wildman–Crippen LogP) is 2.73. The Morgan fingerprint density at radius 1 is 1.33 bits per heavy atom. The first-order valence-electron chi connectivity index (χ1n) is 5.44. The molecule has 0 bridgehead atoms. The number of benzene rings is 1. The maximum absolute atomic E-state index is 12.0. The van der Waals surface area contributed by atoms with Gasteiger partial charge in [-0.2, -0.15) is 0 Å². The van der Waals surface area contributed by atoms with Crippen LogP contribution in [0.2, 0.25) is 5.02 Å². The highest BCUT2D eigenvalue weighted by Crippen LogP contribution is 2.26. The highest BCUT2D eigenvalue weighted by Gasteiger charge is 2.19. The molecule has 18 heavy (non-hydrogen) atoms. The molecule has 0 spiro atoms. The molecule has 0 aliphatic heterocycles. The molecule has 0 heterocycles. The first-order valence-corrected chi connectivity index (χ1v) is 5.82. The third-order valence-corrected chi connectivity index (χ3v) is 2.88. The molecule has 1 aromatic carbocycles. The van der Waals surface area contributed by atoms with E-state index in [9.17, 15) is 9.59 Å². The summed E-state index contributed by atoms with van der Waals surface area (Å²) < 4.78 is 9.53. The average Bonchev–Trinajstić information content (AvgIpc) is 2.37. The second kappa shape index (κ2) is 6.40. The Balaban J connectivity index is 2.84. The second-order valence-corrected chi connectivity index (χ2v) is 4.30. The normalized spacial score (nSPS) is 11.8. The molecule has 1 rings (SSSR count). The lowest BCUT2D eigenvalue weighted by Gasteiger charge is -2.10. The lowest BCUT2D eigenvalue weighted by Crippen LogP contribution is -2.16. The first kappa shape index (κ1) is 14.5. The predicted molar refractivity (Wildman–Crippen MR) is 68.1 cm³/mol. The summed E-state index contributed by atoms with van der Waals surface area (Å²) in [5.74, 6) is -0.490. The fourth-order valence-corrected chi connectivity index (χ4v) is 1.79. The summed E-state index contributed by atoms with van der Waals surface area (Å²) in [6.07, 6.45) is 0.0545. The smallest absolute Gasteiger partial charge is 0.306 e. The van der Waals surface area contributed by atoms with Crippen LogP contribution in [0, 0.1) is 5.92 Å². The molecule has 0 saturated heterocycles. The fraction of sp³-hybridized carbons (Fsp3) is 0.385. The topological polar surface area (TPSA) is 52.6 Å². The van der Waals surface area contributed by atoms with Gasteiger partial charge in [0.25, 0.3) is 0 Å². The van der Waals surface area contributed by atoms with Gasteiger partial charge in [-0.3, -0.25) is 9.59 Å². The zero-order valence-corrected chi connectivity index (χ0v) is 11.3. The van der Waals surface area contributed by atoms with Crippen LogP contribution in [0.5, 0.6) is 5.75 Å². The lowest BCUT2D eigenvalue weighted by atomic mass is 9.96. The number of carbonyl (C=O) groups excluding carboxylic acids is 2. The van der Waals surface area contributed by atoms with E-state index in [1.54, 1.807) is 19.1 Å². The van der Waals surface area contributed by atoms with Crippen molar-refractivity contribution in [2.45, 2.75) is 13.3 Å². The number of ether oxygens (including phenoxy) is 2. The summed E-state index contributed by atoms with van der Waals surface area (Å²) in [4.78, 5) is 23.1. The van der Waals surface area contributed by atoms with Gasteiger partial charge in [-0.15, -0.1) is 0 Å². The van der Waals surface area contributed by atoms with Crippen molar-refractivity contribution in [2.24, 2.45) is 5.92 Å². The van der Waals surface area contributed by atoms with Gasteiger partial charge in [0.15, 0.2) is 5.78 Å². The van der Waals surface area contributed by atoms with E-state index in [4.69, 9.17) is 16.3 Å². The number of carbonyl (C=O) groups is 2. The van der Waals surface area contributed by atoms with Gasteiger partial charge in [0.05, 0.1) is 25.7 Å². The van der Waals surface area contributed by atoms with Crippen molar-refractivity contribution < 1.29 is 19.1 Å². The van der Waals surface area contributed by atoms with Crippen molar-refractivity contribution in [2.75, 3.05) is 14.2 Å². The fourth-order valence-electron chi connectivity index (χ4n) is 1.53. The van der Waals surface area contributed by atoms with Crippen LogP contribution in [0.3, 0.4) is 0 Å². The SMILES string of the molecule is COC(=O)CC(C)C(=O)c1ccc(OC)c(Cl)c1.